The molecule has 2 N–H and O–H groups in total. The highest BCUT2D eigenvalue weighted by atomic mass is 79.9. The zero-order chi connectivity index (χ0) is 17.9. The monoisotopic (exact) mass is 416 g/mol. The van der Waals surface area contributed by atoms with Crippen LogP contribution in [0.2, 0.25) is 0 Å². The summed E-state index contributed by atoms with van der Waals surface area (Å²) in [5.41, 5.74) is 0.740. The second-order valence-corrected chi connectivity index (χ2v) is 7.47. The molecular weight excluding hydrogens is 403 g/mol. The van der Waals surface area contributed by atoms with Crippen LogP contribution < -0.4 is 14.8 Å². The third kappa shape index (κ3) is 4.68. The summed E-state index contributed by atoms with van der Waals surface area (Å²) in [5.74, 6) is -0.822. The first-order valence-electron chi connectivity index (χ1n) is 6.62. The molecule has 9 heteroatoms. The van der Waals surface area contributed by atoms with Gasteiger partial charge in [-0.25, -0.2) is 12.8 Å². The Morgan fingerprint density at radius 3 is 2.54 bits per heavy atom. The lowest BCUT2D eigenvalue weighted by atomic mass is 10.2. The molecule has 0 aliphatic heterocycles. The Morgan fingerprint density at radius 1 is 1.21 bits per heavy atom. The fourth-order valence-electron chi connectivity index (χ4n) is 1.92. The quantitative estimate of drug-likeness (QED) is 0.783. The van der Waals surface area contributed by atoms with Gasteiger partial charge in [0, 0.05) is 16.2 Å². The SMILES string of the molecule is COc1cc(NC(=O)c2cc(F)ccc2Br)ccc1NS(C)(=O)=O. The van der Waals surface area contributed by atoms with E-state index in [1.807, 2.05) is 0 Å². The van der Waals surface area contributed by atoms with Gasteiger partial charge in [0.05, 0.1) is 24.6 Å². The van der Waals surface area contributed by atoms with Gasteiger partial charge >= 0.3 is 0 Å². The Labute approximate surface area is 147 Å². The number of halogens is 2. The van der Waals surface area contributed by atoms with E-state index >= 15 is 0 Å². The lowest BCUT2D eigenvalue weighted by Crippen LogP contribution is -2.14. The Morgan fingerprint density at radius 2 is 1.92 bits per heavy atom. The van der Waals surface area contributed by atoms with Crippen molar-refractivity contribution in [2.75, 3.05) is 23.4 Å². The first kappa shape index (κ1) is 18.2. The largest absolute Gasteiger partial charge is 0.494 e. The molecule has 0 saturated heterocycles. The molecule has 24 heavy (non-hydrogen) atoms. The molecule has 0 saturated carbocycles. The van der Waals surface area contributed by atoms with E-state index in [-0.39, 0.29) is 17.0 Å². The van der Waals surface area contributed by atoms with Crippen molar-refractivity contribution in [2.45, 2.75) is 0 Å². The van der Waals surface area contributed by atoms with Gasteiger partial charge in [-0.15, -0.1) is 0 Å². The number of rotatable bonds is 5. The molecule has 0 unspecified atom stereocenters. The Hall–Kier alpha value is -2.13. The second kappa shape index (κ2) is 7.18. The number of anilines is 2. The van der Waals surface area contributed by atoms with Gasteiger partial charge in [0.2, 0.25) is 10.0 Å². The fourth-order valence-corrected chi connectivity index (χ4v) is 2.92. The maximum absolute atomic E-state index is 13.3. The lowest BCUT2D eigenvalue weighted by molar-refractivity contribution is 0.102. The van der Waals surface area contributed by atoms with Gasteiger partial charge in [0.1, 0.15) is 11.6 Å². The predicted molar refractivity (Wildman–Crippen MR) is 93.5 cm³/mol. The molecule has 6 nitrogen and oxygen atoms in total. The molecule has 0 spiro atoms. The number of amides is 1. The number of ether oxygens (including phenoxy) is 1. The topological polar surface area (TPSA) is 84.5 Å². The summed E-state index contributed by atoms with van der Waals surface area (Å²) in [7, 11) is -2.09. The summed E-state index contributed by atoms with van der Waals surface area (Å²) in [5, 5.41) is 2.60. The van der Waals surface area contributed by atoms with Gasteiger partial charge in [-0.05, 0) is 46.3 Å². The number of sulfonamides is 1. The van der Waals surface area contributed by atoms with E-state index in [0.29, 0.717) is 10.2 Å². The van der Waals surface area contributed by atoms with Crippen molar-refractivity contribution < 1.29 is 22.3 Å². The van der Waals surface area contributed by atoms with Crippen LogP contribution in [0.25, 0.3) is 0 Å². The summed E-state index contributed by atoms with van der Waals surface area (Å²) in [4.78, 5) is 12.2. The zero-order valence-corrected chi connectivity index (χ0v) is 15.2. The van der Waals surface area contributed by atoms with Gasteiger partial charge in [-0.1, -0.05) is 0 Å². The molecule has 1 amide bonds. The lowest BCUT2D eigenvalue weighted by Gasteiger charge is -2.12. The van der Waals surface area contributed by atoms with E-state index in [4.69, 9.17) is 4.74 Å². The number of hydrogen-bond acceptors (Lipinski definition) is 4. The zero-order valence-electron chi connectivity index (χ0n) is 12.8. The molecule has 0 aliphatic rings. The highest BCUT2D eigenvalue weighted by Gasteiger charge is 2.14. The Kier molecular flexibility index (Phi) is 5.45. The number of hydrogen-bond donors (Lipinski definition) is 2. The second-order valence-electron chi connectivity index (χ2n) is 4.87. The van der Waals surface area contributed by atoms with E-state index < -0.39 is 21.7 Å². The van der Waals surface area contributed by atoms with Crippen molar-refractivity contribution in [2.24, 2.45) is 0 Å². The van der Waals surface area contributed by atoms with Crippen LogP contribution in [0.4, 0.5) is 15.8 Å². The molecule has 0 radical (unpaired) electrons. The minimum atomic E-state index is -3.46. The highest BCUT2D eigenvalue weighted by molar-refractivity contribution is 9.10. The molecule has 0 aromatic heterocycles. The molecule has 2 rings (SSSR count). The standard InChI is InChI=1S/C15H14BrFN2O4S/c1-23-14-8-10(4-6-13(14)19-24(2,21)22)18-15(20)11-7-9(17)3-5-12(11)16/h3-8,19H,1-2H3,(H,18,20). The number of benzene rings is 2. The average molecular weight is 417 g/mol. The van der Waals surface area contributed by atoms with Gasteiger partial charge in [0.25, 0.3) is 5.91 Å². The number of nitrogens with one attached hydrogen (secondary N) is 2. The highest BCUT2D eigenvalue weighted by Crippen LogP contribution is 2.29. The molecule has 2 aromatic carbocycles. The van der Waals surface area contributed by atoms with Crippen LogP contribution in [0.1, 0.15) is 10.4 Å². The maximum atomic E-state index is 13.3. The summed E-state index contributed by atoms with van der Waals surface area (Å²) in [6, 6.07) is 8.19. The van der Waals surface area contributed by atoms with Crippen LogP contribution in [0.15, 0.2) is 40.9 Å². The summed E-state index contributed by atoms with van der Waals surface area (Å²) >= 11 is 3.19. The summed E-state index contributed by atoms with van der Waals surface area (Å²) in [6.45, 7) is 0. The molecular formula is C15H14BrFN2O4S. The normalized spacial score (nSPS) is 11.0. The maximum Gasteiger partial charge on any atom is 0.256 e. The van der Waals surface area contributed by atoms with Crippen LogP contribution in [0.3, 0.4) is 0 Å². The van der Waals surface area contributed by atoms with Gasteiger partial charge in [-0.2, -0.15) is 0 Å². The van der Waals surface area contributed by atoms with Crippen LogP contribution in [0, 0.1) is 5.82 Å². The minimum Gasteiger partial charge on any atom is -0.494 e. The van der Waals surface area contributed by atoms with Crippen LogP contribution in [-0.2, 0) is 10.0 Å². The molecule has 0 atom stereocenters. The Bertz CT molecular complexity index is 887. The van der Waals surface area contributed by atoms with E-state index in [1.165, 1.54) is 37.4 Å². The molecule has 2 aromatic rings. The average Bonchev–Trinajstić information content (AvgIpc) is 2.49. The van der Waals surface area contributed by atoms with Gasteiger partial charge in [0.15, 0.2) is 0 Å². The predicted octanol–water partition coefficient (Wildman–Crippen LogP) is 3.22. The van der Waals surface area contributed by atoms with Gasteiger partial charge in [-0.3, -0.25) is 9.52 Å². The first-order valence-corrected chi connectivity index (χ1v) is 9.30. The smallest absolute Gasteiger partial charge is 0.256 e. The summed E-state index contributed by atoms with van der Waals surface area (Å²) < 4.78 is 43.8. The molecule has 0 fully saturated rings. The number of methoxy groups -OCH3 is 1. The third-order valence-corrected chi connectivity index (χ3v) is 4.21. The minimum absolute atomic E-state index is 0.132. The van der Waals surface area contributed by atoms with Crippen LogP contribution >= 0.6 is 15.9 Å². The number of carbonyl (C=O) groups excluding carboxylic acids is 1. The summed E-state index contributed by atoms with van der Waals surface area (Å²) in [6.07, 6.45) is 1.02. The van der Waals surface area contributed by atoms with Gasteiger partial charge < -0.3 is 10.1 Å². The number of carbonyl (C=O) groups is 1. The van der Waals surface area contributed by atoms with Crippen molar-refractivity contribution in [3.05, 3.63) is 52.3 Å². The van der Waals surface area contributed by atoms with E-state index in [1.54, 1.807) is 0 Å². The first-order chi connectivity index (χ1) is 11.2. The molecule has 128 valence electrons. The van der Waals surface area contributed by atoms with Crippen LogP contribution in [0.5, 0.6) is 5.75 Å². The molecule has 0 aliphatic carbocycles. The third-order valence-electron chi connectivity index (χ3n) is 2.93. The van der Waals surface area contributed by atoms with E-state index in [0.717, 1.165) is 12.3 Å². The van der Waals surface area contributed by atoms with Crippen molar-refractivity contribution in [3.63, 3.8) is 0 Å². The van der Waals surface area contributed by atoms with Crippen molar-refractivity contribution in [1.82, 2.24) is 0 Å². The van der Waals surface area contributed by atoms with Crippen molar-refractivity contribution >= 4 is 43.2 Å². The van der Waals surface area contributed by atoms with Crippen LogP contribution in [-0.4, -0.2) is 27.7 Å². The molecule has 0 bridgehead atoms. The van der Waals surface area contributed by atoms with E-state index in [9.17, 15) is 17.6 Å². The van der Waals surface area contributed by atoms with Crippen molar-refractivity contribution in [3.8, 4) is 5.75 Å². The Balaban J connectivity index is 2.27. The fraction of sp³-hybridized carbons (Fsp3) is 0.133. The molecule has 0 heterocycles. The van der Waals surface area contributed by atoms with E-state index in [2.05, 4.69) is 26.0 Å². The van der Waals surface area contributed by atoms with Crippen molar-refractivity contribution in [1.29, 1.82) is 0 Å².